The Morgan fingerprint density at radius 1 is 1.24 bits per heavy atom. The van der Waals surface area contributed by atoms with E-state index in [4.69, 9.17) is 11.6 Å². The highest BCUT2D eigenvalue weighted by Crippen LogP contribution is 2.04. The molecule has 0 unspecified atom stereocenters. The first-order valence-electron chi connectivity index (χ1n) is 5.64. The molecule has 0 spiro atoms. The predicted molar refractivity (Wildman–Crippen MR) is 66.8 cm³/mol. The van der Waals surface area contributed by atoms with Gasteiger partial charge in [-0.1, -0.05) is 42.9 Å². The Morgan fingerprint density at radius 3 is 2.41 bits per heavy atom. The summed E-state index contributed by atoms with van der Waals surface area (Å²) in [6.45, 7) is 2.09. The summed E-state index contributed by atoms with van der Waals surface area (Å²) in [5, 5.41) is 2.94. The van der Waals surface area contributed by atoms with Gasteiger partial charge in [-0.25, -0.2) is 4.79 Å². The van der Waals surface area contributed by atoms with Crippen molar-refractivity contribution in [2.45, 2.75) is 39.0 Å². The fourth-order valence-corrected chi connectivity index (χ4v) is 1.26. The maximum absolute atomic E-state index is 11.2. The smallest absolute Gasteiger partial charge is 0.335 e. The van der Waals surface area contributed by atoms with Crippen LogP contribution in [0.5, 0.6) is 0 Å². The Labute approximate surface area is 107 Å². The quantitative estimate of drug-likeness (QED) is 0.306. The van der Waals surface area contributed by atoms with Crippen molar-refractivity contribution in [1.29, 1.82) is 0 Å². The molecule has 0 aromatic heterocycles. The monoisotopic (exact) mass is 262 g/mol. The number of carbonyl (C=O) groups is 2. The first-order chi connectivity index (χ1) is 7.99. The van der Waals surface area contributed by atoms with Crippen LogP contribution in [0.25, 0.3) is 0 Å². The van der Waals surface area contributed by atoms with Crippen molar-refractivity contribution < 1.29 is 14.4 Å². The molecule has 0 aromatic carbocycles. The molecule has 0 N–H and O–H groups in total. The Hall–Kier alpha value is -1.10. The first-order valence-corrected chi connectivity index (χ1v) is 6.01. The normalized spacial score (nSPS) is 11.2. The van der Waals surface area contributed by atoms with Gasteiger partial charge in [-0.15, -0.1) is 0 Å². The maximum atomic E-state index is 11.2. The average molecular weight is 263 g/mol. The Bertz CT molecular complexity index is 290. The molecule has 1 amide bonds. The number of amides is 1. The molecule has 5 nitrogen and oxygen atoms in total. The molecule has 0 fully saturated rings. The van der Waals surface area contributed by atoms with E-state index in [9.17, 15) is 9.59 Å². The minimum absolute atomic E-state index is 0.295. The van der Waals surface area contributed by atoms with Gasteiger partial charge < -0.3 is 9.74 Å². The van der Waals surface area contributed by atoms with Crippen molar-refractivity contribution in [3.05, 3.63) is 0 Å². The third-order valence-electron chi connectivity index (χ3n) is 2.04. The average Bonchev–Trinajstić information content (AvgIpc) is 2.30. The molecule has 0 aliphatic rings. The van der Waals surface area contributed by atoms with E-state index in [-0.39, 0.29) is 5.17 Å². The lowest BCUT2D eigenvalue weighted by Crippen LogP contribution is -2.27. The van der Waals surface area contributed by atoms with Crippen LogP contribution in [0.4, 0.5) is 0 Å². The minimum atomic E-state index is -0.495. The fourth-order valence-electron chi connectivity index (χ4n) is 1.06. The van der Waals surface area contributed by atoms with Crippen LogP contribution in [-0.4, -0.2) is 36.0 Å². The van der Waals surface area contributed by atoms with Crippen LogP contribution in [0.15, 0.2) is 5.16 Å². The largest absolute Gasteiger partial charge is 0.343 e. The number of carbonyl (C=O) groups excluding carboxylic acids is 2. The van der Waals surface area contributed by atoms with Crippen molar-refractivity contribution in [2.24, 2.45) is 5.16 Å². The molecule has 0 aliphatic heterocycles. The van der Waals surface area contributed by atoms with Crippen molar-refractivity contribution in [2.75, 3.05) is 14.1 Å². The molecule has 6 heteroatoms. The number of oxime groups is 1. The Balaban J connectivity index is 3.89. The van der Waals surface area contributed by atoms with Gasteiger partial charge in [-0.3, -0.25) is 4.79 Å². The zero-order chi connectivity index (χ0) is 13.3. The topological polar surface area (TPSA) is 59.0 Å². The number of hydrogen-bond acceptors (Lipinski definition) is 4. The molecule has 17 heavy (non-hydrogen) atoms. The SMILES string of the molecule is CCCCCCC(=O)O/N=C(\Cl)C(=O)N(C)C. The van der Waals surface area contributed by atoms with Gasteiger partial charge in [-0.05, 0) is 6.42 Å². The van der Waals surface area contributed by atoms with Crippen molar-refractivity contribution in [1.82, 2.24) is 4.90 Å². The molecular formula is C11H19ClN2O3. The molecule has 0 aromatic rings. The predicted octanol–water partition coefficient (Wildman–Crippen LogP) is 2.14. The molecule has 0 saturated carbocycles. The molecular weight excluding hydrogens is 244 g/mol. The number of unbranched alkanes of at least 4 members (excludes halogenated alkanes) is 3. The molecule has 98 valence electrons. The summed E-state index contributed by atoms with van der Waals surface area (Å²) in [5.74, 6) is -0.962. The van der Waals surface area contributed by atoms with Crippen molar-refractivity contribution >= 4 is 28.6 Å². The third kappa shape index (κ3) is 7.74. The highest BCUT2D eigenvalue weighted by atomic mass is 35.5. The maximum Gasteiger partial charge on any atom is 0.335 e. The Morgan fingerprint density at radius 2 is 1.88 bits per heavy atom. The summed E-state index contributed by atoms with van der Waals surface area (Å²) in [4.78, 5) is 28.2. The summed E-state index contributed by atoms with van der Waals surface area (Å²) in [7, 11) is 3.07. The molecule has 0 saturated heterocycles. The summed E-state index contributed by atoms with van der Waals surface area (Å²) < 4.78 is 0. The lowest BCUT2D eigenvalue weighted by atomic mass is 10.2. The molecule has 0 bridgehead atoms. The first kappa shape index (κ1) is 15.9. The second-order valence-electron chi connectivity index (χ2n) is 3.86. The minimum Gasteiger partial charge on any atom is -0.343 e. The van der Waals surface area contributed by atoms with Gasteiger partial charge >= 0.3 is 5.97 Å². The number of halogens is 1. The van der Waals surface area contributed by atoms with Crippen LogP contribution >= 0.6 is 11.6 Å². The van der Waals surface area contributed by atoms with Crippen LogP contribution in [0.2, 0.25) is 0 Å². The van der Waals surface area contributed by atoms with Crippen LogP contribution < -0.4 is 0 Å². The van der Waals surface area contributed by atoms with Crippen molar-refractivity contribution in [3.63, 3.8) is 0 Å². The van der Waals surface area contributed by atoms with Crippen LogP contribution in [-0.2, 0) is 14.4 Å². The summed E-state index contributed by atoms with van der Waals surface area (Å²) in [6, 6.07) is 0. The number of hydrogen-bond donors (Lipinski definition) is 0. The molecule has 0 heterocycles. The highest BCUT2D eigenvalue weighted by Gasteiger charge is 2.12. The van der Waals surface area contributed by atoms with E-state index < -0.39 is 11.9 Å². The van der Waals surface area contributed by atoms with Crippen molar-refractivity contribution in [3.8, 4) is 0 Å². The molecule has 0 aliphatic carbocycles. The highest BCUT2D eigenvalue weighted by molar-refractivity contribution is 6.82. The Kier molecular flexibility index (Phi) is 8.40. The second-order valence-corrected chi connectivity index (χ2v) is 4.21. The summed E-state index contributed by atoms with van der Waals surface area (Å²) >= 11 is 5.54. The van der Waals surface area contributed by atoms with E-state index in [0.717, 1.165) is 25.7 Å². The van der Waals surface area contributed by atoms with E-state index in [0.29, 0.717) is 6.42 Å². The van der Waals surface area contributed by atoms with Gasteiger partial charge in [0.15, 0.2) is 0 Å². The van der Waals surface area contributed by atoms with Crippen LogP contribution in [0, 0.1) is 0 Å². The van der Waals surface area contributed by atoms with Crippen LogP contribution in [0.1, 0.15) is 39.0 Å². The zero-order valence-corrected chi connectivity index (χ0v) is 11.3. The second kappa shape index (κ2) is 8.98. The molecule has 0 radical (unpaired) electrons. The number of rotatable bonds is 7. The number of nitrogens with zero attached hydrogens (tertiary/aromatic N) is 2. The van der Waals surface area contributed by atoms with E-state index in [1.165, 1.54) is 19.0 Å². The summed E-state index contributed by atoms with van der Waals surface area (Å²) in [5.41, 5.74) is 0. The zero-order valence-electron chi connectivity index (χ0n) is 10.5. The molecule has 0 rings (SSSR count). The van der Waals surface area contributed by atoms with Gasteiger partial charge in [0.25, 0.3) is 5.91 Å². The van der Waals surface area contributed by atoms with Gasteiger partial charge in [0.1, 0.15) is 0 Å². The van der Waals surface area contributed by atoms with Gasteiger partial charge in [0.2, 0.25) is 5.17 Å². The van der Waals surface area contributed by atoms with E-state index in [1.54, 1.807) is 0 Å². The fraction of sp³-hybridized carbons (Fsp3) is 0.727. The molecule has 0 atom stereocenters. The van der Waals surface area contributed by atoms with Gasteiger partial charge in [0.05, 0.1) is 0 Å². The third-order valence-corrected chi connectivity index (χ3v) is 2.28. The van der Waals surface area contributed by atoms with Crippen LogP contribution in [0.3, 0.4) is 0 Å². The standard InChI is InChI=1S/C11H19ClN2O3/c1-4-5-6-7-8-9(15)17-13-10(12)11(16)14(2)3/h4-8H2,1-3H3/b13-10-. The van der Waals surface area contributed by atoms with E-state index >= 15 is 0 Å². The van der Waals surface area contributed by atoms with Gasteiger partial charge in [0, 0.05) is 20.5 Å². The lowest BCUT2D eigenvalue weighted by molar-refractivity contribution is -0.143. The van der Waals surface area contributed by atoms with E-state index in [1.807, 2.05) is 0 Å². The van der Waals surface area contributed by atoms with Gasteiger partial charge in [-0.2, -0.15) is 0 Å². The summed E-state index contributed by atoms with van der Waals surface area (Å²) in [6.07, 6.45) is 4.25. The van der Waals surface area contributed by atoms with E-state index in [2.05, 4.69) is 16.9 Å². The lowest BCUT2D eigenvalue weighted by Gasteiger charge is -2.07.